The van der Waals surface area contributed by atoms with E-state index in [-0.39, 0.29) is 43.2 Å². The molecule has 0 aromatic carbocycles. The Bertz CT molecular complexity index is 1450. The first-order valence-corrected chi connectivity index (χ1v) is 14.9. The minimum absolute atomic E-state index is 0.0561. The zero-order valence-electron chi connectivity index (χ0n) is 24.2. The van der Waals surface area contributed by atoms with Crippen molar-refractivity contribution in [1.82, 2.24) is 35.0 Å². The molecule has 1 unspecified atom stereocenters. The number of halogens is 6. The Balaban J connectivity index is 1.41. The van der Waals surface area contributed by atoms with Gasteiger partial charge in [-0.05, 0) is 61.6 Å². The van der Waals surface area contributed by atoms with Crippen LogP contribution < -0.4 is 10.6 Å². The van der Waals surface area contributed by atoms with Crippen LogP contribution in [0, 0.1) is 11.8 Å². The lowest BCUT2D eigenvalue weighted by Gasteiger charge is -2.33. The lowest BCUT2D eigenvalue weighted by Crippen LogP contribution is -2.38. The van der Waals surface area contributed by atoms with Crippen molar-refractivity contribution in [2.24, 2.45) is 11.8 Å². The minimum atomic E-state index is -4.44. The first-order chi connectivity index (χ1) is 20.9. The smallest absolute Gasteiger partial charge is 0.349 e. The summed E-state index contributed by atoms with van der Waals surface area (Å²) in [5.41, 5.74) is 1.47. The van der Waals surface area contributed by atoms with Crippen LogP contribution in [0.25, 0.3) is 5.65 Å². The highest BCUT2D eigenvalue weighted by atomic mass is 19.4. The first kappa shape index (κ1) is 31.8. The summed E-state index contributed by atoms with van der Waals surface area (Å²) in [6.07, 6.45) is -0.221. The topological polar surface area (TPSA) is 106 Å². The monoisotopic (exact) mass is 627 g/mol. The largest absolute Gasteiger partial charge is 0.389 e. The molecule has 3 aromatic rings. The Labute approximate surface area is 249 Å². The van der Waals surface area contributed by atoms with Crippen molar-refractivity contribution >= 4 is 17.5 Å². The number of fused-ring (bicyclic) bond motifs is 1. The molecular weight excluding hydrogens is 592 g/mol. The number of nitrogens with zero attached hydrogens (tertiary/aromatic N) is 5. The van der Waals surface area contributed by atoms with Crippen LogP contribution in [-0.4, -0.2) is 55.0 Å². The molecule has 5 rings (SSSR count). The van der Waals surface area contributed by atoms with Gasteiger partial charge in [0.25, 0.3) is 5.91 Å². The first-order valence-electron chi connectivity index (χ1n) is 14.9. The van der Waals surface area contributed by atoms with Gasteiger partial charge in [-0.15, -0.1) is 0 Å². The average molecular weight is 628 g/mol. The molecule has 0 spiro atoms. The number of amides is 2. The number of nitrogens with one attached hydrogen (secondary N) is 2. The molecule has 2 aliphatic carbocycles. The van der Waals surface area contributed by atoms with Crippen LogP contribution in [0.1, 0.15) is 105 Å². The van der Waals surface area contributed by atoms with Gasteiger partial charge in [0.05, 0.1) is 42.6 Å². The molecule has 15 heteroatoms. The number of alkyl halides is 6. The third kappa shape index (κ3) is 7.52. The van der Waals surface area contributed by atoms with Crippen LogP contribution in [0.5, 0.6) is 0 Å². The molecule has 2 N–H and O–H groups in total. The molecule has 9 nitrogen and oxygen atoms in total. The summed E-state index contributed by atoms with van der Waals surface area (Å²) in [4.78, 5) is 30.5. The molecule has 240 valence electrons. The SMILES string of the molecule is CCC(CF)n1nccc1C(=O)N[C@H](c1cn2ncc([C@H](NC(=O)CCC(F)(F)F)C3CC3)cc2n1)C1CCC(F)(F)CC1. The van der Waals surface area contributed by atoms with Crippen molar-refractivity contribution in [2.75, 3.05) is 6.67 Å². The average Bonchev–Trinajstić information content (AvgIpc) is 3.54. The number of hydrogen-bond acceptors (Lipinski definition) is 5. The zero-order valence-corrected chi connectivity index (χ0v) is 24.2. The molecule has 2 saturated carbocycles. The van der Waals surface area contributed by atoms with Crippen molar-refractivity contribution in [1.29, 1.82) is 0 Å². The highest BCUT2D eigenvalue weighted by Gasteiger charge is 2.40. The summed E-state index contributed by atoms with van der Waals surface area (Å²) in [6.45, 7) is 1.06. The van der Waals surface area contributed by atoms with Gasteiger partial charge < -0.3 is 10.6 Å². The van der Waals surface area contributed by atoms with Crippen LogP contribution >= 0.6 is 0 Å². The van der Waals surface area contributed by atoms with Gasteiger partial charge in [-0.1, -0.05) is 6.92 Å². The number of aromatic nitrogens is 5. The Morgan fingerprint density at radius 2 is 1.77 bits per heavy atom. The number of imidazole rings is 1. The maximum Gasteiger partial charge on any atom is 0.389 e. The number of hydrogen-bond donors (Lipinski definition) is 2. The predicted octanol–water partition coefficient (Wildman–Crippen LogP) is 6.05. The summed E-state index contributed by atoms with van der Waals surface area (Å²) in [7, 11) is 0. The highest BCUT2D eigenvalue weighted by molar-refractivity contribution is 5.92. The highest BCUT2D eigenvalue weighted by Crippen LogP contribution is 2.43. The molecule has 0 radical (unpaired) electrons. The summed E-state index contributed by atoms with van der Waals surface area (Å²) in [5, 5.41) is 14.2. The Morgan fingerprint density at radius 1 is 1.07 bits per heavy atom. The van der Waals surface area contributed by atoms with Gasteiger partial charge in [-0.3, -0.25) is 14.3 Å². The molecule has 44 heavy (non-hydrogen) atoms. The lowest BCUT2D eigenvalue weighted by atomic mass is 9.81. The molecule has 2 fully saturated rings. The minimum Gasteiger partial charge on any atom is -0.349 e. The van der Waals surface area contributed by atoms with E-state index in [1.165, 1.54) is 27.7 Å². The molecule has 2 aliphatic rings. The summed E-state index contributed by atoms with van der Waals surface area (Å²) < 4.78 is 82.4. The van der Waals surface area contributed by atoms with E-state index in [0.717, 1.165) is 12.8 Å². The van der Waals surface area contributed by atoms with Crippen LogP contribution in [-0.2, 0) is 4.79 Å². The lowest BCUT2D eigenvalue weighted by molar-refractivity contribution is -0.144. The molecule has 3 heterocycles. The third-order valence-corrected chi connectivity index (χ3v) is 8.50. The normalized spacial score (nSPS) is 19.4. The second-order valence-corrected chi connectivity index (χ2v) is 11.8. The van der Waals surface area contributed by atoms with E-state index in [9.17, 15) is 35.9 Å². The van der Waals surface area contributed by atoms with Gasteiger partial charge in [-0.2, -0.15) is 23.4 Å². The van der Waals surface area contributed by atoms with E-state index in [4.69, 9.17) is 0 Å². The van der Waals surface area contributed by atoms with Crippen molar-refractivity contribution in [2.45, 2.75) is 94.9 Å². The fourth-order valence-corrected chi connectivity index (χ4v) is 5.81. The van der Waals surface area contributed by atoms with Crippen LogP contribution in [0.4, 0.5) is 26.3 Å². The maximum atomic E-state index is 14.1. The quantitative estimate of drug-likeness (QED) is 0.238. The van der Waals surface area contributed by atoms with Gasteiger partial charge in [-0.25, -0.2) is 22.7 Å². The number of carbonyl (C=O) groups excluding carboxylic acids is 2. The van der Waals surface area contributed by atoms with Crippen molar-refractivity contribution < 1.29 is 35.9 Å². The maximum absolute atomic E-state index is 14.1. The van der Waals surface area contributed by atoms with Crippen LogP contribution in [0.3, 0.4) is 0 Å². The van der Waals surface area contributed by atoms with Crippen molar-refractivity contribution in [3.05, 3.63) is 47.7 Å². The fraction of sp³-hybridized carbons (Fsp3) is 0.621. The molecular formula is C29H35F6N7O2. The molecule has 0 saturated heterocycles. The second kappa shape index (κ2) is 12.8. The number of rotatable bonds is 12. The van der Waals surface area contributed by atoms with Gasteiger partial charge in [0, 0.05) is 25.5 Å². The molecule has 2 amide bonds. The van der Waals surface area contributed by atoms with Gasteiger partial charge >= 0.3 is 6.18 Å². The third-order valence-electron chi connectivity index (χ3n) is 8.50. The Hall–Kier alpha value is -3.65. The van der Waals surface area contributed by atoms with Crippen molar-refractivity contribution in [3.8, 4) is 0 Å². The fourth-order valence-electron chi connectivity index (χ4n) is 5.81. The van der Waals surface area contributed by atoms with Gasteiger partial charge in [0.2, 0.25) is 11.8 Å². The van der Waals surface area contributed by atoms with E-state index in [1.54, 1.807) is 19.2 Å². The van der Waals surface area contributed by atoms with Gasteiger partial charge in [0.1, 0.15) is 12.4 Å². The van der Waals surface area contributed by atoms with E-state index >= 15 is 0 Å². The van der Waals surface area contributed by atoms with Crippen LogP contribution in [0.2, 0.25) is 0 Å². The zero-order chi connectivity index (χ0) is 31.6. The molecule has 0 aliphatic heterocycles. The van der Waals surface area contributed by atoms with Crippen molar-refractivity contribution in [3.63, 3.8) is 0 Å². The Morgan fingerprint density at radius 3 is 2.41 bits per heavy atom. The second-order valence-electron chi connectivity index (χ2n) is 11.8. The summed E-state index contributed by atoms with van der Waals surface area (Å²) in [6, 6.07) is 1.21. The van der Waals surface area contributed by atoms with E-state index in [1.807, 2.05) is 0 Å². The molecule has 0 bridgehead atoms. The van der Waals surface area contributed by atoms with E-state index in [0.29, 0.717) is 23.3 Å². The van der Waals surface area contributed by atoms with E-state index < -0.39 is 61.6 Å². The predicted molar refractivity (Wildman–Crippen MR) is 147 cm³/mol. The Kier molecular flexibility index (Phi) is 9.21. The van der Waals surface area contributed by atoms with Crippen LogP contribution in [0.15, 0.2) is 30.7 Å². The van der Waals surface area contributed by atoms with Gasteiger partial charge in [0.15, 0.2) is 5.65 Å². The standard InChI is InChI=1S/C29H35F6N7O2/c1-2-20(14-30)42-22(8-12-36-42)27(44)40-26(18-5-9-28(31,32)10-6-18)21-16-41-23(38-21)13-19(15-37-41)25(17-3-4-17)39-24(43)7-11-29(33,34)35/h8,12-13,15-18,20,25-26H,2-7,9-11,14H2,1H3,(H,39,43)(H,40,44)/t20?,25-,26+/m1/s1. The number of carbonyl (C=O) groups is 2. The van der Waals surface area contributed by atoms with E-state index in [2.05, 4.69) is 25.8 Å². The summed E-state index contributed by atoms with van der Waals surface area (Å²) >= 11 is 0. The molecule has 3 aromatic heterocycles. The molecule has 3 atom stereocenters. The summed E-state index contributed by atoms with van der Waals surface area (Å²) in [5.74, 6) is -4.36.